The SMILES string of the molecule is CCN(C(=O)C(C)OC(=O)c1ccc(CO)cc1)c1ccccc1. The number of ether oxygens (including phenoxy) is 1. The van der Waals surface area contributed by atoms with E-state index in [9.17, 15) is 9.59 Å². The van der Waals surface area contributed by atoms with Gasteiger partial charge in [0.15, 0.2) is 6.10 Å². The molecule has 2 aromatic rings. The van der Waals surface area contributed by atoms with Crippen molar-refractivity contribution in [3.05, 3.63) is 65.7 Å². The maximum atomic E-state index is 12.6. The average Bonchev–Trinajstić information content (AvgIpc) is 2.63. The molecular formula is C19H21NO4. The number of esters is 1. The number of likely N-dealkylation sites (N-methyl/N-ethyl adjacent to an activating group) is 1. The lowest BCUT2D eigenvalue weighted by atomic mass is 10.1. The van der Waals surface area contributed by atoms with Crippen LogP contribution in [0.25, 0.3) is 0 Å². The molecule has 0 bridgehead atoms. The van der Waals surface area contributed by atoms with Crippen LogP contribution in [0, 0.1) is 0 Å². The average molecular weight is 327 g/mol. The molecule has 1 N–H and O–H groups in total. The molecule has 2 rings (SSSR count). The summed E-state index contributed by atoms with van der Waals surface area (Å²) in [6.07, 6.45) is -0.893. The molecule has 5 heteroatoms. The molecule has 126 valence electrons. The summed E-state index contributed by atoms with van der Waals surface area (Å²) in [4.78, 5) is 26.3. The molecule has 5 nitrogen and oxygen atoms in total. The predicted octanol–water partition coefficient (Wildman–Crippen LogP) is 2.78. The summed E-state index contributed by atoms with van der Waals surface area (Å²) in [6, 6.07) is 15.7. The third-order valence-electron chi connectivity index (χ3n) is 3.65. The number of hydrogen-bond acceptors (Lipinski definition) is 4. The highest BCUT2D eigenvalue weighted by Crippen LogP contribution is 2.16. The monoisotopic (exact) mass is 327 g/mol. The lowest BCUT2D eigenvalue weighted by Crippen LogP contribution is -2.40. The molecule has 1 atom stereocenters. The number of carbonyl (C=O) groups is 2. The third-order valence-corrected chi connectivity index (χ3v) is 3.65. The zero-order chi connectivity index (χ0) is 17.5. The van der Waals surface area contributed by atoms with E-state index in [0.29, 0.717) is 17.7 Å². The first-order chi connectivity index (χ1) is 11.6. The van der Waals surface area contributed by atoms with Crippen LogP contribution in [0.2, 0.25) is 0 Å². The molecule has 0 heterocycles. The van der Waals surface area contributed by atoms with E-state index in [4.69, 9.17) is 9.84 Å². The van der Waals surface area contributed by atoms with E-state index in [1.807, 2.05) is 37.3 Å². The second kappa shape index (κ2) is 8.26. The van der Waals surface area contributed by atoms with Gasteiger partial charge in [0.25, 0.3) is 5.91 Å². The fourth-order valence-electron chi connectivity index (χ4n) is 2.32. The van der Waals surface area contributed by atoms with E-state index < -0.39 is 12.1 Å². The van der Waals surface area contributed by atoms with Gasteiger partial charge in [-0.1, -0.05) is 30.3 Å². The van der Waals surface area contributed by atoms with Crippen LogP contribution in [0.3, 0.4) is 0 Å². The Morgan fingerprint density at radius 2 is 1.71 bits per heavy atom. The quantitative estimate of drug-likeness (QED) is 0.829. The Labute approximate surface area is 141 Å². The number of benzene rings is 2. The minimum Gasteiger partial charge on any atom is -0.449 e. The van der Waals surface area contributed by atoms with Crippen LogP contribution in [0.1, 0.15) is 29.8 Å². The minimum absolute atomic E-state index is 0.0905. The molecule has 1 unspecified atom stereocenters. The molecule has 0 spiro atoms. The fraction of sp³-hybridized carbons (Fsp3) is 0.263. The van der Waals surface area contributed by atoms with Gasteiger partial charge >= 0.3 is 5.97 Å². The molecule has 0 saturated heterocycles. The van der Waals surface area contributed by atoms with Crippen LogP contribution in [0.4, 0.5) is 5.69 Å². The Balaban J connectivity index is 2.05. The van der Waals surface area contributed by atoms with Gasteiger partial charge in [-0.15, -0.1) is 0 Å². The second-order valence-corrected chi connectivity index (χ2v) is 5.32. The Kier molecular flexibility index (Phi) is 6.09. The van der Waals surface area contributed by atoms with Gasteiger partial charge in [0.05, 0.1) is 12.2 Å². The molecule has 0 saturated carbocycles. The smallest absolute Gasteiger partial charge is 0.338 e. The van der Waals surface area contributed by atoms with Crippen molar-refractivity contribution in [2.45, 2.75) is 26.6 Å². The van der Waals surface area contributed by atoms with Crippen LogP contribution in [-0.4, -0.2) is 29.6 Å². The van der Waals surface area contributed by atoms with Gasteiger partial charge in [0, 0.05) is 12.2 Å². The molecule has 0 radical (unpaired) electrons. The lowest BCUT2D eigenvalue weighted by Gasteiger charge is -2.24. The zero-order valence-electron chi connectivity index (χ0n) is 13.8. The predicted molar refractivity (Wildman–Crippen MR) is 91.7 cm³/mol. The molecule has 1 amide bonds. The normalized spacial score (nSPS) is 11.6. The first-order valence-electron chi connectivity index (χ1n) is 7.84. The standard InChI is InChI=1S/C19H21NO4/c1-3-20(17-7-5-4-6-8-17)18(22)14(2)24-19(23)16-11-9-15(13-21)10-12-16/h4-12,14,21H,3,13H2,1-2H3. The summed E-state index contributed by atoms with van der Waals surface area (Å²) in [7, 11) is 0. The highest BCUT2D eigenvalue weighted by Gasteiger charge is 2.24. The highest BCUT2D eigenvalue weighted by molar-refractivity contribution is 5.98. The van der Waals surface area contributed by atoms with E-state index in [0.717, 1.165) is 5.69 Å². The molecule has 0 aliphatic heterocycles. The second-order valence-electron chi connectivity index (χ2n) is 5.32. The Morgan fingerprint density at radius 3 is 2.25 bits per heavy atom. The molecule has 2 aromatic carbocycles. The fourth-order valence-corrected chi connectivity index (χ4v) is 2.32. The first kappa shape index (κ1) is 17.7. The minimum atomic E-state index is -0.893. The van der Waals surface area contributed by atoms with Crippen molar-refractivity contribution < 1.29 is 19.4 Å². The first-order valence-corrected chi connectivity index (χ1v) is 7.84. The lowest BCUT2D eigenvalue weighted by molar-refractivity contribution is -0.126. The van der Waals surface area contributed by atoms with Gasteiger partial charge in [-0.3, -0.25) is 4.79 Å². The van der Waals surface area contributed by atoms with Crippen LogP contribution in [0.15, 0.2) is 54.6 Å². The Bertz CT molecular complexity index is 682. The van der Waals surface area contributed by atoms with Crippen LogP contribution >= 0.6 is 0 Å². The molecule has 0 fully saturated rings. The zero-order valence-corrected chi connectivity index (χ0v) is 13.8. The summed E-state index contributed by atoms with van der Waals surface area (Å²) >= 11 is 0. The number of carbonyl (C=O) groups excluding carboxylic acids is 2. The van der Waals surface area contributed by atoms with Crippen molar-refractivity contribution >= 4 is 17.6 Å². The van der Waals surface area contributed by atoms with Crippen molar-refractivity contribution in [2.24, 2.45) is 0 Å². The number of para-hydroxylation sites is 1. The van der Waals surface area contributed by atoms with Crippen molar-refractivity contribution in [1.29, 1.82) is 0 Å². The number of amides is 1. The van der Waals surface area contributed by atoms with Crippen molar-refractivity contribution in [2.75, 3.05) is 11.4 Å². The number of hydrogen-bond donors (Lipinski definition) is 1. The number of anilines is 1. The van der Waals surface area contributed by atoms with Gasteiger partial charge in [-0.05, 0) is 43.7 Å². The van der Waals surface area contributed by atoms with E-state index in [2.05, 4.69) is 0 Å². The van der Waals surface area contributed by atoms with E-state index in [1.54, 1.807) is 36.1 Å². The summed E-state index contributed by atoms with van der Waals surface area (Å²) < 4.78 is 5.28. The van der Waals surface area contributed by atoms with Gasteiger partial charge < -0.3 is 14.7 Å². The van der Waals surface area contributed by atoms with Crippen molar-refractivity contribution in [1.82, 2.24) is 0 Å². The summed E-state index contributed by atoms with van der Waals surface area (Å²) in [5.41, 5.74) is 1.81. The Hall–Kier alpha value is -2.66. The summed E-state index contributed by atoms with van der Waals surface area (Å²) in [5, 5.41) is 9.02. The van der Waals surface area contributed by atoms with Crippen LogP contribution in [0.5, 0.6) is 0 Å². The van der Waals surface area contributed by atoms with Gasteiger partial charge in [0.2, 0.25) is 0 Å². The van der Waals surface area contributed by atoms with Crippen molar-refractivity contribution in [3.8, 4) is 0 Å². The third kappa shape index (κ3) is 4.20. The highest BCUT2D eigenvalue weighted by atomic mass is 16.5. The largest absolute Gasteiger partial charge is 0.449 e. The molecule has 0 aliphatic carbocycles. The number of aliphatic hydroxyl groups is 1. The summed E-state index contributed by atoms with van der Waals surface area (Å²) in [6.45, 7) is 3.82. The van der Waals surface area contributed by atoms with Crippen molar-refractivity contribution in [3.63, 3.8) is 0 Å². The van der Waals surface area contributed by atoms with E-state index in [-0.39, 0.29) is 12.5 Å². The maximum absolute atomic E-state index is 12.6. The van der Waals surface area contributed by atoms with Gasteiger partial charge in [-0.2, -0.15) is 0 Å². The number of nitrogens with zero attached hydrogens (tertiary/aromatic N) is 1. The maximum Gasteiger partial charge on any atom is 0.338 e. The molecule has 0 aromatic heterocycles. The van der Waals surface area contributed by atoms with Crippen LogP contribution in [-0.2, 0) is 16.1 Å². The number of aliphatic hydroxyl groups excluding tert-OH is 1. The Morgan fingerprint density at radius 1 is 1.08 bits per heavy atom. The van der Waals surface area contributed by atoms with Gasteiger partial charge in [0.1, 0.15) is 0 Å². The molecular weight excluding hydrogens is 306 g/mol. The summed E-state index contributed by atoms with van der Waals surface area (Å²) in [5.74, 6) is -0.839. The molecule has 24 heavy (non-hydrogen) atoms. The topological polar surface area (TPSA) is 66.8 Å². The van der Waals surface area contributed by atoms with E-state index >= 15 is 0 Å². The van der Waals surface area contributed by atoms with E-state index in [1.165, 1.54) is 0 Å². The number of rotatable bonds is 6. The molecule has 0 aliphatic rings. The van der Waals surface area contributed by atoms with Gasteiger partial charge in [-0.25, -0.2) is 4.79 Å². The van der Waals surface area contributed by atoms with Crippen LogP contribution < -0.4 is 4.90 Å².